The van der Waals surface area contributed by atoms with Gasteiger partial charge in [-0.1, -0.05) is 48.0 Å². The highest BCUT2D eigenvalue weighted by Gasteiger charge is 1.99. The van der Waals surface area contributed by atoms with Crippen molar-refractivity contribution in [1.29, 1.82) is 0 Å². The molecule has 0 aliphatic rings. The van der Waals surface area contributed by atoms with Gasteiger partial charge in [0.15, 0.2) is 0 Å². The Morgan fingerprint density at radius 2 is 1.65 bits per heavy atom. The van der Waals surface area contributed by atoms with Gasteiger partial charge in [0, 0.05) is 13.1 Å². The molecule has 0 aliphatic heterocycles. The fourth-order valence-electron chi connectivity index (χ4n) is 2.32. The lowest BCUT2D eigenvalue weighted by Crippen LogP contribution is -2.17. The smallest absolute Gasteiger partial charge is 0.0205 e. The normalized spacial score (nSPS) is 10.8. The second-order valence-electron chi connectivity index (χ2n) is 5.38. The maximum atomic E-state index is 5.60. The molecule has 0 aromatic heterocycles. The number of benzene rings is 2. The molecule has 0 atom stereocenters. The molecule has 0 aliphatic carbocycles. The number of nitrogens with two attached hydrogens (primary N) is 1. The molecule has 106 valence electrons. The summed E-state index contributed by atoms with van der Waals surface area (Å²) in [4.78, 5) is 0. The highest BCUT2D eigenvalue weighted by Crippen LogP contribution is 2.11. The van der Waals surface area contributed by atoms with Crippen molar-refractivity contribution in [3.8, 4) is 0 Å². The molecule has 2 aromatic carbocycles. The third-order valence-electron chi connectivity index (χ3n) is 3.66. The molecule has 2 nitrogen and oxygen atoms in total. The minimum Gasteiger partial charge on any atom is -0.326 e. The van der Waals surface area contributed by atoms with Crippen LogP contribution >= 0.6 is 0 Å². The van der Waals surface area contributed by atoms with E-state index in [0.29, 0.717) is 6.54 Å². The van der Waals surface area contributed by atoms with Gasteiger partial charge in [0.2, 0.25) is 0 Å². The summed E-state index contributed by atoms with van der Waals surface area (Å²) in [6.45, 7) is 6.86. The molecule has 2 aromatic rings. The Bertz CT molecular complexity index is 544. The van der Waals surface area contributed by atoms with Crippen LogP contribution in [0.5, 0.6) is 0 Å². The van der Waals surface area contributed by atoms with Gasteiger partial charge in [0.25, 0.3) is 0 Å². The first-order valence-corrected chi connectivity index (χ1v) is 7.24. The largest absolute Gasteiger partial charge is 0.326 e. The van der Waals surface area contributed by atoms with E-state index in [1.54, 1.807) is 0 Å². The van der Waals surface area contributed by atoms with Crippen LogP contribution in [0.1, 0.15) is 27.8 Å². The molecule has 0 heterocycles. The molecule has 0 radical (unpaired) electrons. The van der Waals surface area contributed by atoms with Gasteiger partial charge in [0.05, 0.1) is 0 Å². The van der Waals surface area contributed by atoms with Gasteiger partial charge in [-0.05, 0) is 49.1 Å². The molecule has 2 rings (SSSR count). The summed E-state index contributed by atoms with van der Waals surface area (Å²) in [5.74, 6) is 0. The second kappa shape index (κ2) is 7.22. The SMILES string of the molecule is Cc1ccc(C)c(CCNCc2ccc(CN)cc2)c1. The number of rotatable bonds is 6. The molecule has 0 saturated heterocycles. The first-order chi connectivity index (χ1) is 9.69. The molecule has 3 N–H and O–H groups in total. The molecule has 0 fully saturated rings. The van der Waals surface area contributed by atoms with Crippen LogP contribution in [0.4, 0.5) is 0 Å². The average molecular weight is 268 g/mol. The maximum Gasteiger partial charge on any atom is 0.0205 e. The van der Waals surface area contributed by atoms with E-state index in [1.807, 2.05) is 0 Å². The van der Waals surface area contributed by atoms with Crippen molar-refractivity contribution in [1.82, 2.24) is 5.32 Å². The number of nitrogens with one attached hydrogen (secondary N) is 1. The molecule has 0 amide bonds. The Morgan fingerprint density at radius 3 is 2.35 bits per heavy atom. The average Bonchev–Trinajstić information content (AvgIpc) is 2.47. The van der Waals surface area contributed by atoms with Crippen LogP contribution in [0, 0.1) is 13.8 Å². The number of aryl methyl sites for hydroxylation is 2. The first-order valence-electron chi connectivity index (χ1n) is 7.24. The van der Waals surface area contributed by atoms with Crippen molar-refractivity contribution in [2.45, 2.75) is 33.4 Å². The van der Waals surface area contributed by atoms with Crippen LogP contribution in [-0.2, 0) is 19.5 Å². The molecule has 0 unspecified atom stereocenters. The van der Waals surface area contributed by atoms with Crippen LogP contribution in [0.15, 0.2) is 42.5 Å². The predicted molar refractivity (Wildman–Crippen MR) is 85.7 cm³/mol. The van der Waals surface area contributed by atoms with E-state index in [0.717, 1.165) is 19.5 Å². The quantitative estimate of drug-likeness (QED) is 0.790. The molecule has 0 bridgehead atoms. The number of hydrogen-bond acceptors (Lipinski definition) is 2. The summed E-state index contributed by atoms with van der Waals surface area (Å²) in [5, 5.41) is 3.50. The Balaban J connectivity index is 1.79. The molecule has 0 saturated carbocycles. The molecular weight excluding hydrogens is 244 g/mol. The second-order valence-corrected chi connectivity index (χ2v) is 5.38. The van der Waals surface area contributed by atoms with Crippen molar-refractivity contribution < 1.29 is 0 Å². The van der Waals surface area contributed by atoms with Gasteiger partial charge in [-0.15, -0.1) is 0 Å². The van der Waals surface area contributed by atoms with E-state index in [9.17, 15) is 0 Å². The van der Waals surface area contributed by atoms with Crippen LogP contribution in [0.25, 0.3) is 0 Å². The highest BCUT2D eigenvalue weighted by molar-refractivity contribution is 5.30. The van der Waals surface area contributed by atoms with Crippen molar-refractivity contribution >= 4 is 0 Å². The van der Waals surface area contributed by atoms with Gasteiger partial charge < -0.3 is 11.1 Å². The first kappa shape index (κ1) is 14.8. The lowest BCUT2D eigenvalue weighted by molar-refractivity contribution is 0.685. The maximum absolute atomic E-state index is 5.60. The standard InChI is InChI=1S/C18H24N2/c1-14-3-4-15(2)18(11-14)9-10-20-13-17-7-5-16(12-19)6-8-17/h3-8,11,20H,9-10,12-13,19H2,1-2H3. The summed E-state index contributed by atoms with van der Waals surface area (Å²) in [6, 6.07) is 15.2. The van der Waals surface area contributed by atoms with E-state index in [2.05, 4.69) is 61.6 Å². The zero-order chi connectivity index (χ0) is 14.4. The van der Waals surface area contributed by atoms with E-state index in [-0.39, 0.29) is 0 Å². The third-order valence-corrected chi connectivity index (χ3v) is 3.66. The van der Waals surface area contributed by atoms with Crippen molar-refractivity contribution in [2.24, 2.45) is 5.73 Å². The lowest BCUT2D eigenvalue weighted by Gasteiger charge is -2.09. The monoisotopic (exact) mass is 268 g/mol. The van der Waals surface area contributed by atoms with Crippen molar-refractivity contribution in [3.05, 3.63) is 70.3 Å². The third kappa shape index (κ3) is 4.19. The highest BCUT2D eigenvalue weighted by atomic mass is 14.8. The molecule has 0 spiro atoms. The Labute approximate surface area is 122 Å². The molecular formula is C18H24N2. The zero-order valence-corrected chi connectivity index (χ0v) is 12.4. The molecule has 2 heteroatoms. The van der Waals surface area contributed by atoms with E-state index in [4.69, 9.17) is 5.73 Å². The van der Waals surface area contributed by atoms with Gasteiger partial charge in [-0.25, -0.2) is 0 Å². The van der Waals surface area contributed by atoms with Crippen molar-refractivity contribution in [2.75, 3.05) is 6.54 Å². The van der Waals surface area contributed by atoms with Gasteiger partial charge >= 0.3 is 0 Å². The fraction of sp³-hybridized carbons (Fsp3) is 0.333. The Kier molecular flexibility index (Phi) is 5.33. The summed E-state index contributed by atoms with van der Waals surface area (Å²) in [5.41, 5.74) is 12.2. The van der Waals surface area contributed by atoms with Crippen LogP contribution in [0.2, 0.25) is 0 Å². The summed E-state index contributed by atoms with van der Waals surface area (Å²) in [6.07, 6.45) is 1.08. The van der Waals surface area contributed by atoms with E-state index in [1.165, 1.54) is 27.8 Å². The van der Waals surface area contributed by atoms with Gasteiger partial charge in [0.1, 0.15) is 0 Å². The minimum absolute atomic E-state index is 0.611. The van der Waals surface area contributed by atoms with Crippen LogP contribution in [-0.4, -0.2) is 6.54 Å². The summed E-state index contributed by atoms with van der Waals surface area (Å²) in [7, 11) is 0. The topological polar surface area (TPSA) is 38.0 Å². The van der Waals surface area contributed by atoms with E-state index >= 15 is 0 Å². The summed E-state index contributed by atoms with van der Waals surface area (Å²) < 4.78 is 0. The van der Waals surface area contributed by atoms with Crippen LogP contribution < -0.4 is 11.1 Å². The van der Waals surface area contributed by atoms with Gasteiger partial charge in [-0.3, -0.25) is 0 Å². The molecule has 20 heavy (non-hydrogen) atoms. The Hall–Kier alpha value is -1.64. The summed E-state index contributed by atoms with van der Waals surface area (Å²) >= 11 is 0. The zero-order valence-electron chi connectivity index (χ0n) is 12.4. The number of hydrogen-bond donors (Lipinski definition) is 2. The Morgan fingerprint density at radius 1 is 0.950 bits per heavy atom. The van der Waals surface area contributed by atoms with Crippen molar-refractivity contribution in [3.63, 3.8) is 0 Å². The fourth-order valence-corrected chi connectivity index (χ4v) is 2.32. The van der Waals surface area contributed by atoms with Gasteiger partial charge in [-0.2, -0.15) is 0 Å². The minimum atomic E-state index is 0.611. The predicted octanol–water partition coefficient (Wildman–Crippen LogP) is 3.09. The lowest BCUT2D eigenvalue weighted by atomic mass is 10.0. The van der Waals surface area contributed by atoms with E-state index < -0.39 is 0 Å². The van der Waals surface area contributed by atoms with Crippen LogP contribution in [0.3, 0.4) is 0 Å².